The van der Waals surface area contributed by atoms with Crippen LogP contribution in [0.5, 0.6) is 0 Å². The van der Waals surface area contributed by atoms with Crippen LogP contribution in [0.2, 0.25) is 0 Å². The number of rotatable bonds is 14. The zero-order valence-corrected chi connectivity index (χ0v) is 24.0. The lowest BCUT2D eigenvalue weighted by atomic mass is 10.0. The van der Waals surface area contributed by atoms with Crippen molar-refractivity contribution < 1.29 is 27.2 Å². The third-order valence-electron chi connectivity index (χ3n) is 7.25. The Bertz CT molecular complexity index is 1330. The summed E-state index contributed by atoms with van der Waals surface area (Å²) in [6, 6.07) is 11.7. The van der Waals surface area contributed by atoms with E-state index in [2.05, 4.69) is 29.7 Å². The van der Waals surface area contributed by atoms with Crippen LogP contribution in [0.15, 0.2) is 60.8 Å². The first-order valence-electron chi connectivity index (χ1n) is 13.9. The highest BCUT2D eigenvalue weighted by molar-refractivity contribution is 5.99. The standard InChI is InChI=1S/C30H40F3N7O2/c1-40(2,19-21(16-34)17-35)13-5-7-25(36)28(41)39-27(14-20-9-11-23(12-10-20)30(31,32)33)29(42)38-24-15-22-6-3-4-8-26(22)37-18-24/h3-4,6,8-12,15,18,21,25,27H,5,7,13-14,16-17,19,34-36H2,1-2H3,(H-,38,39,41,42)/p+1/t25?,27-/m0/s1. The van der Waals surface area contributed by atoms with Gasteiger partial charge in [-0.05, 0) is 42.7 Å². The lowest BCUT2D eigenvalue weighted by Gasteiger charge is -2.33. The van der Waals surface area contributed by atoms with Crippen LogP contribution in [0, 0.1) is 5.92 Å². The quantitative estimate of drug-likeness (QED) is 0.183. The Morgan fingerprint density at radius 3 is 2.31 bits per heavy atom. The number of halogens is 3. The summed E-state index contributed by atoms with van der Waals surface area (Å²) in [7, 11) is 4.13. The molecule has 0 fully saturated rings. The molecule has 0 radical (unpaired) electrons. The van der Waals surface area contributed by atoms with Gasteiger partial charge in [0.2, 0.25) is 11.8 Å². The number of hydrogen-bond acceptors (Lipinski definition) is 6. The number of nitrogens with two attached hydrogens (primary N) is 3. The zero-order valence-electron chi connectivity index (χ0n) is 24.0. The fourth-order valence-electron chi connectivity index (χ4n) is 4.83. The average Bonchev–Trinajstić information content (AvgIpc) is 2.95. The van der Waals surface area contributed by atoms with Crippen LogP contribution in [0.1, 0.15) is 24.0 Å². The number of anilines is 1. The van der Waals surface area contributed by atoms with Crippen LogP contribution in [-0.2, 0) is 22.2 Å². The van der Waals surface area contributed by atoms with Crippen molar-refractivity contribution in [2.75, 3.05) is 45.6 Å². The number of alkyl halides is 3. The van der Waals surface area contributed by atoms with Crippen molar-refractivity contribution in [1.29, 1.82) is 0 Å². The Morgan fingerprint density at radius 2 is 1.67 bits per heavy atom. The van der Waals surface area contributed by atoms with Crippen molar-refractivity contribution in [3.05, 3.63) is 71.9 Å². The van der Waals surface area contributed by atoms with Crippen molar-refractivity contribution in [3.63, 3.8) is 0 Å². The van der Waals surface area contributed by atoms with E-state index >= 15 is 0 Å². The topological polar surface area (TPSA) is 149 Å². The zero-order chi connectivity index (χ0) is 30.9. The van der Waals surface area contributed by atoms with Gasteiger partial charge in [0, 0.05) is 30.8 Å². The van der Waals surface area contributed by atoms with Gasteiger partial charge >= 0.3 is 6.18 Å². The summed E-state index contributed by atoms with van der Waals surface area (Å²) < 4.78 is 39.8. The van der Waals surface area contributed by atoms with E-state index in [-0.39, 0.29) is 12.3 Å². The van der Waals surface area contributed by atoms with E-state index in [0.717, 1.165) is 36.1 Å². The fourth-order valence-corrected chi connectivity index (χ4v) is 4.83. The van der Waals surface area contributed by atoms with Crippen molar-refractivity contribution in [2.24, 2.45) is 23.1 Å². The number of benzene rings is 2. The van der Waals surface area contributed by atoms with Crippen LogP contribution in [0.25, 0.3) is 10.9 Å². The number of para-hydroxylation sites is 1. The van der Waals surface area contributed by atoms with Crippen molar-refractivity contribution in [1.82, 2.24) is 10.3 Å². The number of aromatic nitrogens is 1. The number of pyridine rings is 1. The number of quaternary nitrogens is 1. The SMILES string of the molecule is C[N+](C)(CCCC(N)C(=O)N[C@@H](Cc1ccc(C(F)(F)F)cc1)C(=O)Nc1cnc2ccccc2c1)CC(CN)CN. The molecule has 2 aromatic carbocycles. The van der Waals surface area contributed by atoms with Crippen LogP contribution < -0.4 is 27.8 Å². The summed E-state index contributed by atoms with van der Waals surface area (Å²) in [6.07, 6.45) is -1.98. The van der Waals surface area contributed by atoms with Crippen LogP contribution >= 0.6 is 0 Å². The van der Waals surface area contributed by atoms with Gasteiger partial charge in [0.25, 0.3) is 0 Å². The van der Waals surface area contributed by atoms with Gasteiger partial charge in [0.05, 0.1) is 56.2 Å². The van der Waals surface area contributed by atoms with Gasteiger partial charge in [0.15, 0.2) is 0 Å². The summed E-state index contributed by atoms with van der Waals surface area (Å²) in [6.45, 7) is 2.55. The first-order valence-corrected chi connectivity index (χ1v) is 13.9. The molecule has 3 aromatic rings. The van der Waals surface area contributed by atoms with Crippen molar-refractivity contribution in [3.8, 4) is 0 Å². The molecular weight excluding hydrogens is 547 g/mol. The Kier molecular flexibility index (Phi) is 11.4. The molecule has 8 N–H and O–H groups in total. The Labute approximate surface area is 244 Å². The number of carbonyl (C=O) groups is 2. The second-order valence-electron chi connectivity index (χ2n) is 11.3. The van der Waals surface area contributed by atoms with E-state index in [0.29, 0.717) is 41.7 Å². The van der Waals surface area contributed by atoms with Gasteiger partial charge in [-0.3, -0.25) is 14.6 Å². The average molecular weight is 589 g/mol. The largest absolute Gasteiger partial charge is 0.416 e. The highest BCUT2D eigenvalue weighted by Crippen LogP contribution is 2.29. The molecule has 42 heavy (non-hydrogen) atoms. The third kappa shape index (κ3) is 9.76. The molecular formula is C30H41F3N7O2+. The maximum atomic E-state index is 13.3. The Hall–Kier alpha value is -3.58. The number of nitrogens with zero attached hydrogens (tertiary/aromatic N) is 2. The number of amides is 2. The monoisotopic (exact) mass is 588 g/mol. The molecule has 0 saturated carbocycles. The van der Waals surface area contributed by atoms with E-state index < -0.39 is 35.6 Å². The molecule has 228 valence electrons. The fraction of sp³-hybridized carbons (Fsp3) is 0.433. The summed E-state index contributed by atoms with van der Waals surface area (Å²) >= 11 is 0. The minimum Gasteiger partial charge on any atom is -0.343 e. The number of fused-ring (bicyclic) bond motifs is 1. The minimum atomic E-state index is -4.48. The first kappa shape index (κ1) is 32.9. The van der Waals surface area contributed by atoms with Gasteiger partial charge in [-0.15, -0.1) is 0 Å². The molecule has 1 aromatic heterocycles. The van der Waals surface area contributed by atoms with Crippen molar-refractivity contribution >= 4 is 28.4 Å². The predicted octanol–water partition coefficient (Wildman–Crippen LogP) is 2.64. The molecule has 0 saturated heterocycles. The van der Waals surface area contributed by atoms with E-state index in [1.54, 1.807) is 6.07 Å². The summed E-state index contributed by atoms with van der Waals surface area (Å²) in [5, 5.41) is 6.29. The molecule has 1 unspecified atom stereocenters. The minimum absolute atomic E-state index is 0.0348. The van der Waals surface area contributed by atoms with E-state index in [4.69, 9.17) is 17.2 Å². The smallest absolute Gasteiger partial charge is 0.343 e. The molecule has 0 bridgehead atoms. The lowest BCUT2D eigenvalue weighted by Crippen LogP contribution is -2.51. The molecule has 0 aliphatic carbocycles. The van der Waals surface area contributed by atoms with E-state index in [9.17, 15) is 22.8 Å². The number of hydrogen-bond donors (Lipinski definition) is 5. The van der Waals surface area contributed by atoms with Crippen LogP contribution in [-0.4, -0.2) is 73.6 Å². The first-order chi connectivity index (χ1) is 19.8. The molecule has 0 aliphatic heterocycles. The molecule has 3 rings (SSSR count). The van der Waals surface area contributed by atoms with E-state index in [1.165, 1.54) is 18.3 Å². The number of carbonyl (C=O) groups excluding carboxylic acids is 2. The second-order valence-corrected chi connectivity index (χ2v) is 11.3. The molecule has 2 amide bonds. The van der Waals surface area contributed by atoms with Gasteiger partial charge < -0.3 is 32.3 Å². The summed E-state index contributed by atoms with van der Waals surface area (Å²) in [5.74, 6) is -0.870. The second kappa shape index (κ2) is 14.5. The van der Waals surface area contributed by atoms with Gasteiger partial charge in [-0.2, -0.15) is 13.2 Å². The molecule has 0 spiro atoms. The number of nitrogens with one attached hydrogen (secondary N) is 2. The van der Waals surface area contributed by atoms with Crippen LogP contribution in [0.4, 0.5) is 18.9 Å². The highest BCUT2D eigenvalue weighted by Gasteiger charge is 2.31. The van der Waals surface area contributed by atoms with Crippen molar-refractivity contribution in [2.45, 2.75) is 37.5 Å². The highest BCUT2D eigenvalue weighted by atomic mass is 19.4. The molecule has 2 atom stereocenters. The predicted molar refractivity (Wildman–Crippen MR) is 158 cm³/mol. The van der Waals surface area contributed by atoms with Gasteiger partial charge in [-0.1, -0.05) is 30.3 Å². The van der Waals surface area contributed by atoms with Gasteiger partial charge in [-0.25, -0.2) is 0 Å². The Balaban J connectivity index is 1.69. The third-order valence-corrected chi connectivity index (χ3v) is 7.25. The maximum Gasteiger partial charge on any atom is 0.416 e. The summed E-state index contributed by atoms with van der Waals surface area (Å²) in [5.41, 5.74) is 18.6. The maximum absolute atomic E-state index is 13.3. The molecule has 9 nitrogen and oxygen atoms in total. The molecule has 12 heteroatoms. The normalized spacial score (nSPS) is 13.6. The molecule has 1 heterocycles. The van der Waals surface area contributed by atoms with Gasteiger partial charge in [0.1, 0.15) is 6.04 Å². The lowest BCUT2D eigenvalue weighted by molar-refractivity contribution is -0.893. The van der Waals surface area contributed by atoms with E-state index in [1.807, 2.05) is 24.3 Å². The molecule has 0 aliphatic rings. The Morgan fingerprint density at radius 1 is 1.00 bits per heavy atom. The summed E-state index contributed by atoms with van der Waals surface area (Å²) in [4.78, 5) is 30.8. The van der Waals surface area contributed by atoms with Crippen LogP contribution in [0.3, 0.4) is 0 Å².